The van der Waals surface area contributed by atoms with Crippen LogP contribution >= 0.6 is 0 Å². The lowest BCUT2D eigenvalue weighted by atomic mass is 10.0. The fourth-order valence-electron chi connectivity index (χ4n) is 8.48. The Labute approximate surface area is 349 Å². The maximum atomic E-state index is 14.3. The van der Waals surface area contributed by atoms with Crippen molar-refractivity contribution in [2.24, 2.45) is 0 Å². The van der Waals surface area contributed by atoms with E-state index in [0.29, 0.717) is 18.9 Å². The van der Waals surface area contributed by atoms with Crippen molar-refractivity contribution in [1.82, 2.24) is 45.3 Å². The van der Waals surface area contributed by atoms with E-state index < -0.39 is 12.1 Å². The quantitative estimate of drug-likeness (QED) is 0.134. The van der Waals surface area contributed by atoms with Gasteiger partial charge in [-0.2, -0.15) is 0 Å². The highest BCUT2D eigenvalue weighted by Gasteiger charge is 2.39. The first kappa shape index (κ1) is 40.1. The molecular formula is C46H49N9O5. The van der Waals surface area contributed by atoms with Crippen LogP contribution in [-0.4, -0.2) is 105 Å². The number of nitrogens with one attached hydrogen (secondary N) is 4. The molecule has 0 saturated carbocycles. The van der Waals surface area contributed by atoms with Crippen molar-refractivity contribution in [3.8, 4) is 34.4 Å². The number of amides is 4. The summed E-state index contributed by atoms with van der Waals surface area (Å²) in [6.07, 6.45) is 7.95. The van der Waals surface area contributed by atoms with Gasteiger partial charge in [0.2, 0.25) is 17.7 Å². The molecule has 3 aliphatic rings. The summed E-state index contributed by atoms with van der Waals surface area (Å²) < 4.78 is 4.58. The molecule has 14 heteroatoms. The van der Waals surface area contributed by atoms with E-state index in [4.69, 9.17) is 4.98 Å². The summed E-state index contributed by atoms with van der Waals surface area (Å²) in [5.74, 6) is 7.53. The Morgan fingerprint density at radius 1 is 0.750 bits per heavy atom. The van der Waals surface area contributed by atoms with Gasteiger partial charge in [-0.3, -0.25) is 19.3 Å². The molecule has 0 radical (unpaired) electrons. The zero-order valence-corrected chi connectivity index (χ0v) is 33.8. The number of imidazole rings is 2. The van der Waals surface area contributed by atoms with Gasteiger partial charge in [-0.05, 0) is 93.1 Å². The Morgan fingerprint density at radius 2 is 1.30 bits per heavy atom. The number of hydrogen-bond donors (Lipinski definition) is 4. The van der Waals surface area contributed by atoms with Crippen LogP contribution in [0.2, 0.25) is 0 Å². The molecule has 3 aliphatic heterocycles. The third kappa shape index (κ3) is 8.81. The summed E-state index contributed by atoms with van der Waals surface area (Å²) in [5, 5.41) is 5.56. The minimum absolute atomic E-state index is 0.114. The highest BCUT2D eigenvalue weighted by Crippen LogP contribution is 2.35. The van der Waals surface area contributed by atoms with Gasteiger partial charge >= 0.3 is 6.09 Å². The van der Waals surface area contributed by atoms with Crippen LogP contribution in [-0.2, 0) is 19.1 Å². The van der Waals surface area contributed by atoms with Crippen molar-refractivity contribution in [3.63, 3.8) is 0 Å². The number of likely N-dealkylation sites (N-methyl/N-ethyl adjacent to an activating group) is 1. The molecule has 5 aromatic rings. The molecule has 0 unspecified atom stereocenters. The van der Waals surface area contributed by atoms with Crippen LogP contribution in [0, 0.1) is 11.8 Å². The number of alkyl carbamates (subject to hydrolysis) is 1. The maximum Gasteiger partial charge on any atom is 0.407 e. The van der Waals surface area contributed by atoms with E-state index in [0.717, 1.165) is 90.1 Å². The third-order valence-corrected chi connectivity index (χ3v) is 11.7. The van der Waals surface area contributed by atoms with E-state index in [2.05, 4.69) is 47.1 Å². The average Bonchev–Trinajstić information content (AvgIpc) is 4.14. The lowest BCUT2D eigenvalue weighted by molar-refractivity contribution is -0.138. The van der Waals surface area contributed by atoms with E-state index in [1.807, 2.05) is 97.0 Å². The zero-order valence-electron chi connectivity index (χ0n) is 33.8. The number of nitrogens with zero attached hydrogens (tertiary/aromatic N) is 5. The molecule has 8 rings (SSSR count). The first-order chi connectivity index (χ1) is 29.2. The van der Waals surface area contributed by atoms with Crippen molar-refractivity contribution in [1.29, 1.82) is 0 Å². The summed E-state index contributed by atoms with van der Waals surface area (Å²) in [6, 6.07) is 23.9. The molecule has 60 heavy (non-hydrogen) atoms. The average molecular weight is 808 g/mol. The highest BCUT2D eigenvalue weighted by molar-refractivity contribution is 5.91. The number of H-pyrrole nitrogens is 2. The monoisotopic (exact) mass is 807 g/mol. The van der Waals surface area contributed by atoms with Crippen molar-refractivity contribution in [2.45, 2.75) is 62.7 Å². The van der Waals surface area contributed by atoms with Crippen molar-refractivity contribution >= 4 is 23.8 Å². The Morgan fingerprint density at radius 3 is 1.85 bits per heavy atom. The topological polar surface area (TPSA) is 169 Å². The number of carbonyl (C=O) groups excluding carboxylic acids is 4. The Kier molecular flexibility index (Phi) is 12.1. The minimum atomic E-state index is -0.780. The number of hydrogen-bond acceptors (Lipinski definition) is 8. The molecule has 2 aromatic heterocycles. The second kappa shape index (κ2) is 18.0. The van der Waals surface area contributed by atoms with Crippen LogP contribution in [0.25, 0.3) is 22.5 Å². The van der Waals surface area contributed by atoms with Crippen molar-refractivity contribution in [3.05, 3.63) is 120 Å². The third-order valence-electron chi connectivity index (χ3n) is 11.7. The highest BCUT2D eigenvalue weighted by atomic mass is 16.5. The normalized spacial score (nSPS) is 19.4. The Bertz CT molecular complexity index is 2380. The number of aromatic nitrogens is 4. The lowest BCUT2D eigenvalue weighted by Gasteiger charge is -2.30. The van der Waals surface area contributed by atoms with E-state index in [1.54, 1.807) is 11.1 Å². The van der Waals surface area contributed by atoms with Crippen LogP contribution in [0.1, 0.15) is 85.0 Å². The SMILES string of the molecule is COC(=O)NCC(=O)N1CCC[C@H]1c1ncc(-c2ccc(C#Cc3ccc(-c4cnc([C@@H]5CCCN5C(=O)[C@H](NC(=O)[C@H]5CCCN5C)c5ccccc5)[nH]4)cc3)cc2)[nH]1. The zero-order chi connectivity index (χ0) is 41.6. The van der Waals surface area contributed by atoms with Gasteiger partial charge in [0, 0.05) is 24.2 Å². The fourth-order valence-corrected chi connectivity index (χ4v) is 8.48. The number of rotatable bonds is 10. The fraction of sp³-hybridized carbons (Fsp3) is 0.348. The molecule has 14 nitrogen and oxygen atoms in total. The predicted molar refractivity (Wildman–Crippen MR) is 225 cm³/mol. The van der Waals surface area contributed by atoms with Gasteiger partial charge < -0.3 is 35.1 Å². The van der Waals surface area contributed by atoms with E-state index in [1.165, 1.54) is 7.11 Å². The van der Waals surface area contributed by atoms with Crippen LogP contribution < -0.4 is 10.6 Å². The Balaban J connectivity index is 0.893. The van der Waals surface area contributed by atoms with E-state index in [-0.39, 0.29) is 42.4 Å². The molecule has 4 atom stereocenters. The van der Waals surface area contributed by atoms with Gasteiger partial charge in [0.05, 0.1) is 49.0 Å². The molecule has 4 amide bonds. The smallest absolute Gasteiger partial charge is 0.407 e. The minimum Gasteiger partial charge on any atom is -0.453 e. The number of aromatic amines is 2. The summed E-state index contributed by atoms with van der Waals surface area (Å²) in [4.78, 5) is 73.7. The second-order valence-electron chi connectivity index (χ2n) is 15.5. The van der Waals surface area contributed by atoms with Gasteiger partial charge in [-0.1, -0.05) is 66.4 Å². The number of likely N-dealkylation sites (tertiary alicyclic amines) is 3. The van der Waals surface area contributed by atoms with Gasteiger partial charge in [0.25, 0.3) is 0 Å². The second-order valence-corrected chi connectivity index (χ2v) is 15.5. The van der Waals surface area contributed by atoms with Crippen LogP contribution in [0.5, 0.6) is 0 Å². The van der Waals surface area contributed by atoms with E-state index >= 15 is 0 Å². The standard InChI is InChI=1S/C46H49N9O5/c1-53-24-6-13-39(53)44(57)52-41(34-9-4-3-5-10-34)45(58)55-26-8-12-38(55)43-48-28-36(51-43)33-22-18-31(19-23-33)15-14-30-16-20-32(21-17-30)35-27-47-42(50-35)37-11-7-25-54(37)40(56)29-49-46(59)60-2/h3-5,9-10,16-23,27-28,37-39,41H,6-8,11-13,24-26,29H2,1-2H3,(H,47,50)(H,48,51)(H,49,59)(H,52,57)/t37-,38-,39+,41+/m0/s1. The molecule has 0 aliphatic carbocycles. The van der Waals surface area contributed by atoms with Crippen molar-refractivity contribution in [2.75, 3.05) is 40.3 Å². The summed E-state index contributed by atoms with van der Waals surface area (Å²) in [6.45, 7) is 1.93. The lowest BCUT2D eigenvalue weighted by Crippen LogP contribution is -2.48. The predicted octanol–water partition coefficient (Wildman–Crippen LogP) is 5.50. The van der Waals surface area contributed by atoms with Crippen LogP contribution in [0.15, 0.2) is 91.3 Å². The molecule has 5 heterocycles. The van der Waals surface area contributed by atoms with Gasteiger partial charge in [0.15, 0.2) is 0 Å². The van der Waals surface area contributed by atoms with Gasteiger partial charge in [-0.25, -0.2) is 14.8 Å². The van der Waals surface area contributed by atoms with E-state index in [9.17, 15) is 19.2 Å². The van der Waals surface area contributed by atoms with Gasteiger partial charge in [-0.15, -0.1) is 0 Å². The number of ether oxygens (including phenoxy) is 1. The number of benzene rings is 3. The molecule has 0 bridgehead atoms. The number of methoxy groups -OCH3 is 1. The first-order valence-electron chi connectivity index (χ1n) is 20.6. The maximum absolute atomic E-state index is 14.3. The van der Waals surface area contributed by atoms with Crippen LogP contribution in [0.3, 0.4) is 0 Å². The first-order valence-corrected chi connectivity index (χ1v) is 20.6. The van der Waals surface area contributed by atoms with Crippen LogP contribution in [0.4, 0.5) is 4.79 Å². The summed E-state index contributed by atoms with van der Waals surface area (Å²) in [5.41, 5.74) is 6.09. The molecule has 4 N–H and O–H groups in total. The van der Waals surface area contributed by atoms with Crippen molar-refractivity contribution < 1.29 is 23.9 Å². The number of carbonyl (C=O) groups is 4. The molecular weight excluding hydrogens is 759 g/mol. The molecule has 0 spiro atoms. The molecule has 3 fully saturated rings. The molecule has 308 valence electrons. The Hall–Kier alpha value is -6.72. The summed E-state index contributed by atoms with van der Waals surface area (Å²) >= 11 is 0. The largest absolute Gasteiger partial charge is 0.453 e. The molecule has 3 saturated heterocycles. The van der Waals surface area contributed by atoms with Gasteiger partial charge in [0.1, 0.15) is 24.2 Å². The molecule has 3 aromatic carbocycles. The summed E-state index contributed by atoms with van der Waals surface area (Å²) in [7, 11) is 3.22.